The largest absolute Gasteiger partial charge is 0.469 e. The van der Waals surface area contributed by atoms with E-state index in [2.05, 4.69) is 4.74 Å². The van der Waals surface area contributed by atoms with Crippen LogP contribution < -0.4 is 0 Å². The second-order valence-electron chi connectivity index (χ2n) is 2.99. The lowest BCUT2D eigenvalue weighted by Crippen LogP contribution is -2.36. The summed E-state index contributed by atoms with van der Waals surface area (Å²) in [5.41, 5.74) is -0.755. The quantitative estimate of drug-likeness (QED) is 0.444. The Morgan fingerprint density at radius 2 is 2.45 bits per heavy atom. The Balaban J connectivity index is 2.76. The van der Waals surface area contributed by atoms with Crippen LogP contribution in [0.3, 0.4) is 0 Å². The van der Waals surface area contributed by atoms with E-state index in [9.17, 15) is 9.90 Å². The van der Waals surface area contributed by atoms with Gasteiger partial charge in [-0.2, -0.15) is 0 Å². The van der Waals surface area contributed by atoms with E-state index in [1.165, 1.54) is 7.11 Å². The Kier molecular flexibility index (Phi) is 2.00. The molecule has 0 fully saturated rings. The van der Waals surface area contributed by atoms with Crippen molar-refractivity contribution < 1.29 is 14.6 Å². The van der Waals surface area contributed by atoms with E-state index in [1.807, 2.05) is 0 Å². The van der Waals surface area contributed by atoms with E-state index in [0.29, 0.717) is 6.42 Å². The Morgan fingerprint density at radius 3 is 2.82 bits per heavy atom. The first-order chi connectivity index (χ1) is 5.11. The second-order valence-corrected chi connectivity index (χ2v) is 2.99. The number of hydrogen-bond donors (Lipinski definition) is 1. The molecule has 0 radical (unpaired) electrons. The van der Waals surface area contributed by atoms with Gasteiger partial charge in [-0.1, -0.05) is 12.2 Å². The van der Waals surface area contributed by atoms with Crippen molar-refractivity contribution in [1.82, 2.24) is 0 Å². The molecule has 0 aromatic rings. The van der Waals surface area contributed by atoms with E-state index in [-0.39, 0.29) is 5.97 Å². The average Bonchev–Trinajstić information content (AvgIpc) is 2.32. The first kappa shape index (κ1) is 8.27. The first-order valence-electron chi connectivity index (χ1n) is 3.54. The summed E-state index contributed by atoms with van der Waals surface area (Å²) in [6, 6.07) is 0. The van der Waals surface area contributed by atoms with Crippen LogP contribution >= 0.6 is 0 Å². The van der Waals surface area contributed by atoms with Gasteiger partial charge in [-0.25, -0.2) is 0 Å². The fourth-order valence-electron chi connectivity index (χ4n) is 1.21. The molecule has 3 nitrogen and oxygen atoms in total. The summed E-state index contributed by atoms with van der Waals surface area (Å²) in [6.45, 7) is 1.70. The molecule has 0 spiro atoms. The normalized spacial score (nSPS) is 35.7. The minimum Gasteiger partial charge on any atom is -0.469 e. The number of carbonyl (C=O) groups is 1. The first-order valence-corrected chi connectivity index (χ1v) is 3.54. The third-order valence-corrected chi connectivity index (χ3v) is 2.16. The smallest absolute Gasteiger partial charge is 0.314 e. The minimum atomic E-state index is -0.755. The van der Waals surface area contributed by atoms with Crippen molar-refractivity contribution in [2.75, 3.05) is 7.11 Å². The molecule has 3 heteroatoms. The summed E-state index contributed by atoms with van der Waals surface area (Å²) >= 11 is 0. The molecule has 0 unspecified atom stereocenters. The van der Waals surface area contributed by atoms with Crippen LogP contribution in [0.4, 0.5) is 0 Å². The summed E-state index contributed by atoms with van der Waals surface area (Å²) < 4.78 is 4.57. The molecule has 1 rings (SSSR count). The van der Waals surface area contributed by atoms with E-state index < -0.39 is 11.5 Å². The molecule has 0 aromatic carbocycles. The zero-order chi connectivity index (χ0) is 8.48. The zero-order valence-electron chi connectivity index (χ0n) is 6.70. The predicted octanol–water partition coefficient (Wildman–Crippen LogP) is 0.486. The SMILES string of the molecule is COC(=O)[C@@]1(C)CC=C[C@@H]1O. The maximum absolute atomic E-state index is 11.1. The van der Waals surface area contributed by atoms with Gasteiger partial charge in [0.1, 0.15) is 0 Å². The highest BCUT2D eigenvalue weighted by atomic mass is 16.5. The molecule has 1 N–H and O–H groups in total. The summed E-state index contributed by atoms with van der Waals surface area (Å²) in [5, 5.41) is 9.36. The molecule has 0 amide bonds. The summed E-state index contributed by atoms with van der Waals surface area (Å²) in [7, 11) is 1.33. The maximum atomic E-state index is 11.1. The number of rotatable bonds is 1. The van der Waals surface area contributed by atoms with Crippen molar-refractivity contribution in [3.8, 4) is 0 Å². The fraction of sp³-hybridized carbons (Fsp3) is 0.625. The minimum absolute atomic E-state index is 0.352. The molecule has 0 saturated carbocycles. The number of carbonyl (C=O) groups excluding carboxylic acids is 1. The van der Waals surface area contributed by atoms with Gasteiger partial charge in [-0.05, 0) is 13.3 Å². The van der Waals surface area contributed by atoms with Gasteiger partial charge >= 0.3 is 5.97 Å². The molecular formula is C8H12O3. The number of aliphatic hydroxyl groups excluding tert-OH is 1. The van der Waals surface area contributed by atoms with E-state index in [0.717, 1.165) is 0 Å². The van der Waals surface area contributed by atoms with Crippen molar-refractivity contribution >= 4 is 5.97 Å². The van der Waals surface area contributed by atoms with Crippen LogP contribution in [0.2, 0.25) is 0 Å². The molecule has 0 aliphatic heterocycles. The maximum Gasteiger partial charge on any atom is 0.314 e. The van der Waals surface area contributed by atoms with Gasteiger partial charge in [-0.3, -0.25) is 4.79 Å². The number of esters is 1. The van der Waals surface area contributed by atoms with Crippen LogP contribution in [0.15, 0.2) is 12.2 Å². The van der Waals surface area contributed by atoms with Gasteiger partial charge in [0.25, 0.3) is 0 Å². The standard InChI is InChI=1S/C8H12O3/c1-8(7(10)11-2)5-3-4-6(8)9/h3-4,6,9H,5H2,1-2H3/t6-,8-/m0/s1. The molecular weight excluding hydrogens is 144 g/mol. The van der Waals surface area contributed by atoms with Gasteiger partial charge in [0, 0.05) is 0 Å². The Morgan fingerprint density at radius 1 is 1.82 bits per heavy atom. The highest BCUT2D eigenvalue weighted by molar-refractivity contribution is 5.78. The molecule has 1 aliphatic rings. The summed E-state index contributed by atoms with van der Waals surface area (Å²) in [5.74, 6) is -0.352. The predicted molar refractivity (Wildman–Crippen MR) is 39.9 cm³/mol. The molecule has 0 heterocycles. The van der Waals surface area contributed by atoms with E-state index >= 15 is 0 Å². The molecule has 0 saturated heterocycles. The van der Waals surface area contributed by atoms with Crippen LogP contribution in [0.1, 0.15) is 13.3 Å². The van der Waals surface area contributed by atoms with Crippen LogP contribution in [-0.4, -0.2) is 24.3 Å². The van der Waals surface area contributed by atoms with Crippen molar-refractivity contribution in [2.24, 2.45) is 5.41 Å². The molecule has 2 atom stereocenters. The topological polar surface area (TPSA) is 46.5 Å². The Labute approximate surface area is 65.7 Å². The number of hydrogen-bond acceptors (Lipinski definition) is 3. The zero-order valence-corrected chi connectivity index (χ0v) is 6.70. The van der Waals surface area contributed by atoms with Gasteiger partial charge in [0.2, 0.25) is 0 Å². The molecule has 1 aliphatic carbocycles. The van der Waals surface area contributed by atoms with Gasteiger partial charge in [0.05, 0.1) is 18.6 Å². The van der Waals surface area contributed by atoms with Gasteiger partial charge < -0.3 is 9.84 Å². The fourth-order valence-corrected chi connectivity index (χ4v) is 1.21. The van der Waals surface area contributed by atoms with Gasteiger partial charge in [-0.15, -0.1) is 0 Å². The van der Waals surface area contributed by atoms with Gasteiger partial charge in [0.15, 0.2) is 0 Å². The van der Waals surface area contributed by atoms with Crippen molar-refractivity contribution in [3.05, 3.63) is 12.2 Å². The van der Waals surface area contributed by atoms with Crippen LogP contribution in [0.25, 0.3) is 0 Å². The average molecular weight is 156 g/mol. The lowest BCUT2D eigenvalue weighted by atomic mass is 9.86. The molecule has 11 heavy (non-hydrogen) atoms. The van der Waals surface area contributed by atoms with Crippen LogP contribution in [0, 0.1) is 5.41 Å². The second kappa shape index (κ2) is 2.66. The lowest BCUT2D eigenvalue weighted by molar-refractivity contribution is -0.155. The number of allylic oxidation sites excluding steroid dienone is 1. The monoisotopic (exact) mass is 156 g/mol. The Hall–Kier alpha value is -0.830. The molecule has 0 bridgehead atoms. The van der Waals surface area contributed by atoms with Crippen molar-refractivity contribution in [2.45, 2.75) is 19.4 Å². The van der Waals surface area contributed by atoms with Crippen molar-refractivity contribution in [1.29, 1.82) is 0 Å². The van der Waals surface area contributed by atoms with Crippen molar-refractivity contribution in [3.63, 3.8) is 0 Å². The Bertz CT molecular complexity index is 198. The van der Waals surface area contributed by atoms with Crippen LogP contribution in [-0.2, 0) is 9.53 Å². The highest BCUT2D eigenvalue weighted by Gasteiger charge is 2.42. The van der Waals surface area contributed by atoms with E-state index in [1.54, 1.807) is 19.1 Å². The summed E-state index contributed by atoms with van der Waals surface area (Å²) in [6.07, 6.45) is 3.27. The third kappa shape index (κ3) is 1.16. The number of aliphatic hydroxyl groups is 1. The highest BCUT2D eigenvalue weighted by Crippen LogP contribution is 2.33. The molecule has 62 valence electrons. The number of methoxy groups -OCH3 is 1. The van der Waals surface area contributed by atoms with Crippen LogP contribution in [0.5, 0.6) is 0 Å². The third-order valence-electron chi connectivity index (χ3n) is 2.16. The van der Waals surface area contributed by atoms with E-state index in [4.69, 9.17) is 0 Å². The summed E-state index contributed by atoms with van der Waals surface area (Å²) in [4.78, 5) is 11.1. The molecule has 0 aromatic heterocycles. The number of ether oxygens (including phenoxy) is 1. The lowest BCUT2D eigenvalue weighted by Gasteiger charge is -2.24.